The Kier molecular flexibility index (Phi) is 10.9. The number of nitrogens with zero attached hydrogens (tertiary/aromatic N) is 1. The highest BCUT2D eigenvalue weighted by molar-refractivity contribution is 7.91. The summed E-state index contributed by atoms with van der Waals surface area (Å²) in [6, 6.07) is 23.2. The Morgan fingerprint density at radius 3 is 2.50 bits per heavy atom. The summed E-state index contributed by atoms with van der Waals surface area (Å²) >= 11 is 0. The van der Waals surface area contributed by atoms with Crippen molar-refractivity contribution in [3.63, 3.8) is 0 Å². The molecular formula is C35H42N2O6S. The molecule has 1 atom stereocenters. The normalized spacial score (nSPS) is 17.3. The monoisotopic (exact) mass is 618 g/mol. The van der Waals surface area contributed by atoms with Gasteiger partial charge in [0.1, 0.15) is 5.75 Å². The van der Waals surface area contributed by atoms with Crippen LogP contribution in [0.25, 0.3) is 6.08 Å². The standard InChI is InChI=1S/C35H42N2O6S/c1-3-18-42-34(22-26-7-5-4-6-8-26)43-32-13-14-33-29(24-32)23-28(17-21-44(33,39)40)35(38)36-30-11-9-27(10-12-30)25-37(2)31-15-19-41-20-16-31/h4-14,23-24,31,34H,3,15-22,25H2,1-2H3,(H,36,38). The minimum atomic E-state index is -3.58. The van der Waals surface area contributed by atoms with Crippen LogP contribution in [0.2, 0.25) is 0 Å². The molecule has 8 nitrogen and oxygen atoms in total. The third-order valence-electron chi connectivity index (χ3n) is 8.06. The molecule has 1 saturated heterocycles. The van der Waals surface area contributed by atoms with Gasteiger partial charge in [-0.05, 0) is 85.8 Å². The molecule has 0 aromatic heterocycles. The smallest absolute Gasteiger partial charge is 0.251 e. The van der Waals surface area contributed by atoms with Crippen LogP contribution in [-0.4, -0.2) is 64.2 Å². The minimum Gasteiger partial charge on any atom is -0.465 e. The molecule has 44 heavy (non-hydrogen) atoms. The lowest BCUT2D eigenvalue weighted by Gasteiger charge is -2.31. The fourth-order valence-electron chi connectivity index (χ4n) is 5.58. The maximum absolute atomic E-state index is 13.3. The molecule has 1 fully saturated rings. The van der Waals surface area contributed by atoms with Gasteiger partial charge in [0.15, 0.2) is 9.84 Å². The second-order valence-corrected chi connectivity index (χ2v) is 13.5. The number of benzene rings is 3. The van der Waals surface area contributed by atoms with Gasteiger partial charge in [-0.2, -0.15) is 0 Å². The Morgan fingerprint density at radius 2 is 1.77 bits per heavy atom. The van der Waals surface area contributed by atoms with Gasteiger partial charge in [0.2, 0.25) is 6.29 Å². The van der Waals surface area contributed by atoms with Gasteiger partial charge in [0, 0.05) is 43.5 Å². The van der Waals surface area contributed by atoms with E-state index in [4.69, 9.17) is 14.2 Å². The summed E-state index contributed by atoms with van der Waals surface area (Å²) in [6.07, 6.45) is 4.70. The van der Waals surface area contributed by atoms with E-state index in [0.717, 1.165) is 50.1 Å². The summed E-state index contributed by atoms with van der Waals surface area (Å²) in [5.41, 5.74) is 3.73. The summed E-state index contributed by atoms with van der Waals surface area (Å²) < 4.78 is 43.9. The molecule has 3 aromatic rings. The number of anilines is 1. The third-order valence-corrected chi connectivity index (χ3v) is 9.84. The quantitative estimate of drug-likeness (QED) is 0.254. The van der Waals surface area contributed by atoms with E-state index in [9.17, 15) is 13.2 Å². The van der Waals surface area contributed by atoms with Gasteiger partial charge >= 0.3 is 0 Å². The number of carbonyl (C=O) groups is 1. The van der Waals surface area contributed by atoms with Crippen LogP contribution in [0.4, 0.5) is 5.69 Å². The molecule has 2 heterocycles. The predicted octanol–water partition coefficient (Wildman–Crippen LogP) is 5.87. The summed E-state index contributed by atoms with van der Waals surface area (Å²) in [7, 11) is -1.45. The minimum absolute atomic E-state index is 0.114. The van der Waals surface area contributed by atoms with Crippen molar-refractivity contribution in [2.24, 2.45) is 0 Å². The molecule has 0 aliphatic carbocycles. The van der Waals surface area contributed by atoms with E-state index in [1.54, 1.807) is 24.3 Å². The van der Waals surface area contributed by atoms with Crippen LogP contribution in [-0.2, 0) is 37.1 Å². The van der Waals surface area contributed by atoms with Crippen molar-refractivity contribution in [1.29, 1.82) is 0 Å². The van der Waals surface area contributed by atoms with E-state index in [1.165, 1.54) is 0 Å². The number of sulfone groups is 1. The first kappa shape index (κ1) is 31.9. The Labute approximate surface area is 260 Å². The Hall–Kier alpha value is -3.50. The zero-order valence-electron chi connectivity index (χ0n) is 25.5. The summed E-state index contributed by atoms with van der Waals surface area (Å²) in [5.74, 6) is 0.0163. The van der Waals surface area contributed by atoms with E-state index in [1.807, 2.05) is 61.5 Å². The van der Waals surface area contributed by atoms with E-state index in [0.29, 0.717) is 41.6 Å². The van der Waals surface area contributed by atoms with Gasteiger partial charge in [0.05, 0.1) is 17.3 Å². The Bertz CT molecular complexity index is 1530. The Balaban J connectivity index is 1.29. The molecule has 1 unspecified atom stereocenters. The zero-order chi connectivity index (χ0) is 30.9. The highest BCUT2D eigenvalue weighted by Gasteiger charge is 2.26. The number of carbonyl (C=O) groups excluding carboxylic acids is 1. The van der Waals surface area contributed by atoms with Crippen LogP contribution in [0.5, 0.6) is 5.75 Å². The molecule has 9 heteroatoms. The fraction of sp³-hybridized carbons (Fsp3) is 0.400. The number of rotatable bonds is 12. The molecular weight excluding hydrogens is 576 g/mol. The van der Waals surface area contributed by atoms with E-state index < -0.39 is 16.1 Å². The average molecular weight is 619 g/mol. The second-order valence-electron chi connectivity index (χ2n) is 11.5. The largest absolute Gasteiger partial charge is 0.465 e. The van der Waals surface area contributed by atoms with Gasteiger partial charge in [-0.3, -0.25) is 9.69 Å². The number of hydrogen-bond donors (Lipinski definition) is 1. The third kappa shape index (κ3) is 8.57. The predicted molar refractivity (Wildman–Crippen MR) is 172 cm³/mol. The highest BCUT2D eigenvalue weighted by Crippen LogP contribution is 2.31. The molecule has 2 aliphatic rings. The first-order chi connectivity index (χ1) is 21.3. The van der Waals surface area contributed by atoms with Crippen molar-refractivity contribution < 1.29 is 27.4 Å². The van der Waals surface area contributed by atoms with E-state index in [2.05, 4.69) is 17.3 Å². The highest BCUT2D eigenvalue weighted by atomic mass is 32.2. The fourth-order valence-corrected chi connectivity index (χ4v) is 7.04. The lowest BCUT2D eigenvalue weighted by Crippen LogP contribution is -2.36. The van der Waals surface area contributed by atoms with Crippen LogP contribution < -0.4 is 10.1 Å². The molecule has 1 N–H and O–H groups in total. The summed E-state index contributed by atoms with van der Waals surface area (Å²) in [4.78, 5) is 15.9. The second kappa shape index (κ2) is 15.0. The summed E-state index contributed by atoms with van der Waals surface area (Å²) in [6.45, 7) is 5.00. The SMILES string of the molecule is CCCOC(Cc1ccccc1)Oc1ccc2c(c1)C=C(C(=O)Nc1ccc(CN(C)C3CCOCC3)cc1)CCS2(=O)=O. The number of amides is 1. The molecule has 234 valence electrons. The van der Waals surface area contributed by atoms with Crippen molar-refractivity contribution >= 4 is 27.5 Å². The van der Waals surface area contributed by atoms with E-state index >= 15 is 0 Å². The number of nitrogens with one attached hydrogen (secondary N) is 1. The Morgan fingerprint density at radius 1 is 1.02 bits per heavy atom. The molecule has 2 aliphatic heterocycles. The van der Waals surface area contributed by atoms with Crippen molar-refractivity contribution in [3.8, 4) is 5.75 Å². The van der Waals surface area contributed by atoms with Crippen LogP contribution in [0.1, 0.15) is 49.3 Å². The maximum Gasteiger partial charge on any atom is 0.251 e. The summed E-state index contributed by atoms with van der Waals surface area (Å²) in [5, 5.41) is 2.96. The first-order valence-electron chi connectivity index (χ1n) is 15.4. The van der Waals surface area contributed by atoms with Crippen LogP contribution in [0, 0.1) is 0 Å². The number of hydrogen-bond acceptors (Lipinski definition) is 7. The lowest BCUT2D eigenvalue weighted by molar-refractivity contribution is -0.112. The molecule has 0 bridgehead atoms. The van der Waals surface area contributed by atoms with Crippen molar-refractivity contribution in [2.45, 2.75) is 62.8 Å². The molecule has 0 radical (unpaired) electrons. The average Bonchev–Trinajstić information content (AvgIpc) is 3.16. The number of fused-ring (bicyclic) bond motifs is 1. The first-order valence-corrected chi connectivity index (χ1v) is 17.0. The van der Waals surface area contributed by atoms with Crippen molar-refractivity contribution in [2.75, 3.05) is 37.9 Å². The number of ether oxygens (including phenoxy) is 3. The van der Waals surface area contributed by atoms with Gasteiger partial charge in [-0.25, -0.2) is 8.42 Å². The topological polar surface area (TPSA) is 94.2 Å². The van der Waals surface area contributed by atoms with Gasteiger partial charge in [0.25, 0.3) is 5.91 Å². The maximum atomic E-state index is 13.3. The van der Waals surface area contributed by atoms with E-state index in [-0.39, 0.29) is 23.0 Å². The molecule has 1 amide bonds. The zero-order valence-corrected chi connectivity index (χ0v) is 26.4. The van der Waals surface area contributed by atoms with Crippen molar-refractivity contribution in [3.05, 3.63) is 95.1 Å². The van der Waals surface area contributed by atoms with Crippen LogP contribution >= 0.6 is 0 Å². The molecule has 0 saturated carbocycles. The van der Waals surface area contributed by atoms with Gasteiger partial charge < -0.3 is 19.5 Å². The lowest BCUT2D eigenvalue weighted by atomic mass is 10.1. The molecule has 5 rings (SSSR count). The van der Waals surface area contributed by atoms with Crippen LogP contribution in [0.3, 0.4) is 0 Å². The van der Waals surface area contributed by atoms with Crippen molar-refractivity contribution in [1.82, 2.24) is 4.90 Å². The molecule has 3 aromatic carbocycles. The van der Waals surface area contributed by atoms with Gasteiger partial charge in [-0.1, -0.05) is 49.4 Å². The van der Waals surface area contributed by atoms with Gasteiger partial charge in [-0.15, -0.1) is 0 Å². The molecule has 0 spiro atoms. The van der Waals surface area contributed by atoms with Crippen LogP contribution in [0.15, 0.2) is 83.3 Å².